The van der Waals surface area contributed by atoms with Gasteiger partial charge in [-0.25, -0.2) is 0 Å². The molecule has 0 aromatic heterocycles. The fraction of sp³-hybridized carbons (Fsp3) is 0.280. The molecule has 0 fully saturated rings. The van der Waals surface area contributed by atoms with Crippen LogP contribution in [0.4, 0.5) is 0 Å². The molecule has 0 aliphatic rings. The van der Waals surface area contributed by atoms with Gasteiger partial charge in [-0.1, -0.05) is 54.6 Å². The molecule has 0 radical (unpaired) electrons. The van der Waals surface area contributed by atoms with Crippen LogP contribution in [0.1, 0.15) is 27.7 Å². The summed E-state index contributed by atoms with van der Waals surface area (Å²) in [5.74, 6) is 1.23. The van der Waals surface area contributed by atoms with Crippen molar-refractivity contribution in [3.05, 3.63) is 91.0 Å². The SMILES string of the molecule is CC[S+](C[P+](c1ccccc1)(c1ccccc1)c1ccccc1)C(C)(C)C. The molecule has 0 saturated heterocycles. The van der Waals surface area contributed by atoms with E-state index in [-0.39, 0.29) is 0 Å². The molecule has 1 unspecified atom stereocenters. The summed E-state index contributed by atoms with van der Waals surface area (Å²) in [4.78, 5) is 0. The van der Waals surface area contributed by atoms with Gasteiger partial charge in [0.1, 0.15) is 26.4 Å². The Bertz CT molecular complexity index is 726. The van der Waals surface area contributed by atoms with Crippen LogP contribution in [0, 0.1) is 0 Å². The zero-order valence-corrected chi connectivity index (χ0v) is 18.6. The Hall–Kier alpha value is -1.56. The Morgan fingerprint density at radius 3 is 1.22 bits per heavy atom. The van der Waals surface area contributed by atoms with Gasteiger partial charge in [0.25, 0.3) is 0 Å². The highest BCUT2D eigenvalue weighted by molar-refractivity contribution is 8.12. The van der Waals surface area contributed by atoms with Crippen molar-refractivity contribution in [3.8, 4) is 0 Å². The molecule has 0 aliphatic heterocycles. The Kier molecular flexibility index (Phi) is 6.45. The van der Waals surface area contributed by atoms with E-state index in [9.17, 15) is 0 Å². The molecule has 0 bridgehead atoms. The minimum absolute atomic E-state index is 0.318. The van der Waals surface area contributed by atoms with Gasteiger partial charge < -0.3 is 0 Å². The largest absolute Gasteiger partial charge is 0.222 e. The van der Waals surface area contributed by atoms with Crippen LogP contribution >= 0.6 is 7.26 Å². The summed E-state index contributed by atoms with van der Waals surface area (Å²) in [6, 6.07) is 33.8. The smallest absolute Gasteiger partial charge is 0.0620 e. The topological polar surface area (TPSA) is 0 Å². The number of hydrogen-bond donors (Lipinski definition) is 0. The maximum absolute atomic E-state index is 2.41. The minimum Gasteiger partial charge on any atom is -0.0620 e. The highest BCUT2D eigenvalue weighted by Crippen LogP contribution is 2.57. The molecular formula is C25H31PS+2. The lowest BCUT2D eigenvalue weighted by atomic mass is 10.3. The van der Waals surface area contributed by atoms with Gasteiger partial charge in [0.15, 0.2) is 7.26 Å². The third-order valence-corrected chi connectivity index (χ3v) is 13.9. The monoisotopic (exact) mass is 394 g/mol. The second kappa shape index (κ2) is 8.63. The minimum atomic E-state index is -1.71. The van der Waals surface area contributed by atoms with Gasteiger partial charge in [-0.3, -0.25) is 0 Å². The maximum atomic E-state index is 2.41. The molecular weight excluding hydrogens is 363 g/mol. The highest BCUT2D eigenvalue weighted by atomic mass is 32.2. The van der Waals surface area contributed by atoms with Crippen LogP contribution in [-0.4, -0.2) is 16.0 Å². The van der Waals surface area contributed by atoms with Crippen molar-refractivity contribution in [1.29, 1.82) is 0 Å². The van der Waals surface area contributed by atoms with Crippen molar-refractivity contribution in [2.75, 3.05) is 11.2 Å². The molecule has 0 amide bonds. The maximum Gasteiger partial charge on any atom is 0.222 e. The molecule has 1 atom stereocenters. The molecule has 27 heavy (non-hydrogen) atoms. The lowest BCUT2D eigenvalue weighted by Gasteiger charge is -2.30. The molecule has 0 nitrogen and oxygen atoms in total. The van der Waals surface area contributed by atoms with Crippen LogP contribution in [0.3, 0.4) is 0 Å². The molecule has 3 aromatic rings. The number of hydrogen-bond acceptors (Lipinski definition) is 0. The van der Waals surface area contributed by atoms with Crippen LogP contribution in [0.15, 0.2) is 91.0 Å². The number of rotatable bonds is 6. The van der Waals surface area contributed by atoms with E-state index in [2.05, 4.69) is 119 Å². The van der Waals surface area contributed by atoms with Crippen LogP contribution in [0.5, 0.6) is 0 Å². The predicted molar refractivity (Wildman–Crippen MR) is 128 cm³/mol. The van der Waals surface area contributed by atoms with Gasteiger partial charge in [-0.05, 0) is 64.1 Å². The summed E-state index contributed by atoms with van der Waals surface area (Å²) >= 11 is 0. The van der Waals surface area contributed by atoms with E-state index in [1.54, 1.807) is 0 Å². The molecule has 0 N–H and O–H groups in total. The molecule has 0 heterocycles. The van der Waals surface area contributed by atoms with Gasteiger partial charge in [0.05, 0.1) is 0 Å². The fourth-order valence-corrected chi connectivity index (χ4v) is 13.4. The lowest BCUT2D eigenvalue weighted by Crippen LogP contribution is -2.41. The summed E-state index contributed by atoms with van der Waals surface area (Å²) in [6.07, 6.45) is 0. The molecule has 0 saturated carbocycles. The standard InChI is InChI=1S/C25H31PS/c1-5-27(25(2,3)4)21-26(22-15-9-6-10-16-22,23-17-11-7-12-18-23)24-19-13-8-14-20-24/h6-20H,5,21H2,1-4H3/q+2. The van der Waals surface area contributed by atoms with Crippen LogP contribution in [0.2, 0.25) is 0 Å². The Labute approximate surface area is 168 Å². The van der Waals surface area contributed by atoms with E-state index in [4.69, 9.17) is 0 Å². The Morgan fingerprint density at radius 2 is 0.963 bits per heavy atom. The van der Waals surface area contributed by atoms with Crippen LogP contribution in [-0.2, 0) is 10.9 Å². The van der Waals surface area contributed by atoms with Crippen molar-refractivity contribution in [2.24, 2.45) is 0 Å². The summed E-state index contributed by atoms with van der Waals surface area (Å²) in [7, 11) is -1.38. The van der Waals surface area contributed by atoms with Crippen molar-refractivity contribution in [3.63, 3.8) is 0 Å². The van der Waals surface area contributed by atoms with Crippen LogP contribution < -0.4 is 15.9 Å². The summed E-state index contributed by atoms with van der Waals surface area (Å²) in [6.45, 7) is 9.60. The first kappa shape index (κ1) is 20.2. The summed E-state index contributed by atoms with van der Waals surface area (Å²) in [5.41, 5.74) is 1.24. The van der Waals surface area contributed by atoms with Gasteiger partial charge >= 0.3 is 0 Å². The molecule has 140 valence electrons. The first-order valence-electron chi connectivity index (χ1n) is 9.71. The highest BCUT2D eigenvalue weighted by Gasteiger charge is 2.53. The first-order valence-corrected chi connectivity index (χ1v) is 13.2. The van der Waals surface area contributed by atoms with E-state index in [1.807, 2.05) is 0 Å². The quantitative estimate of drug-likeness (QED) is 0.389. The number of benzene rings is 3. The average molecular weight is 395 g/mol. The van der Waals surface area contributed by atoms with Gasteiger partial charge in [-0.2, -0.15) is 0 Å². The molecule has 2 heteroatoms. The van der Waals surface area contributed by atoms with Gasteiger partial charge in [-0.15, -0.1) is 0 Å². The van der Waals surface area contributed by atoms with E-state index in [0.717, 1.165) is 0 Å². The predicted octanol–water partition coefficient (Wildman–Crippen LogP) is 5.37. The third-order valence-electron chi connectivity index (χ3n) is 5.15. The molecule has 0 aliphatic carbocycles. The summed E-state index contributed by atoms with van der Waals surface area (Å²) in [5, 5.41) is 4.49. The van der Waals surface area contributed by atoms with Crippen molar-refractivity contribution >= 4 is 34.1 Å². The van der Waals surface area contributed by atoms with Crippen molar-refractivity contribution in [2.45, 2.75) is 32.4 Å². The second-order valence-corrected chi connectivity index (χ2v) is 14.8. The average Bonchev–Trinajstić information content (AvgIpc) is 2.70. The molecule has 3 aromatic carbocycles. The zero-order chi connectivity index (χ0) is 19.3. The third kappa shape index (κ3) is 4.31. The van der Waals surface area contributed by atoms with E-state index in [0.29, 0.717) is 15.6 Å². The Balaban J connectivity index is 2.29. The van der Waals surface area contributed by atoms with Crippen molar-refractivity contribution < 1.29 is 0 Å². The first-order chi connectivity index (χ1) is 13.0. The summed E-state index contributed by atoms with van der Waals surface area (Å²) < 4.78 is 0.318. The van der Waals surface area contributed by atoms with Gasteiger partial charge in [0.2, 0.25) is 5.49 Å². The molecule has 0 spiro atoms. The second-order valence-electron chi connectivity index (χ2n) is 7.84. The lowest BCUT2D eigenvalue weighted by molar-refractivity contribution is 0.791. The van der Waals surface area contributed by atoms with Crippen molar-refractivity contribution in [1.82, 2.24) is 0 Å². The molecule has 3 rings (SSSR count). The fourth-order valence-electron chi connectivity index (χ4n) is 3.67. The van der Waals surface area contributed by atoms with Gasteiger partial charge in [0, 0.05) is 10.9 Å². The van der Waals surface area contributed by atoms with Crippen LogP contribution in [0.25, 0.3) is 0 Å². The van der Waals surface area contributed by atoms with E-state index < -0.39 is 7.26 Å². The Morgan fingerprint density at radius 1 is 0.630 bits per heavy atom. The zero-order valence-electron chi connectivity index (χ0n) is 16.9. The van der Waals surface area contributed by atoms with E-state index >= 15 is 0 Å². The normalized spacial score (nSPS) is 13.3. The van der Waals surface area contributed by atoms with E-state index in [1.165, 1.54) is 27.2 Å².